The summed E-state index contributed by atoms with van der Waals surface area (Å²) in [5.41, 5.74) is 3.42. The van der Waals surface area contributed by atoms with Crippen LogP contribution in [-0.2, 0) is 11.2 Å². The maximum absolute atomic E-state index is 12.3. The maximum Gasteiger partial charge on any atom is 0.230 e. The Morgan fingerprint density at radius 1 is 1.35 bits per heavy atom. The lowest BCUT2D eigenvalue weighted by atomic mass is 9.97. The molecule has 3 rings (SSSR count). The Morgan fingerprint density at radius 2 is 2.13 bits per heavy atom. The molecule has 1 aromatic heterocycles. The zero-order chi connectivity index (χ0) is 16.2. The van der Waals surface area contributed by atoms with E-state index in [0.29, 0.717) is 17.5 Å². The van der Waals surface area contributed by atoms with Crippen molar-refractivity contribution < 1.29 is 4.79 Å². The van der Waals surface area contributed by atoms with Gasteiger partial charge in [-0.15, -0.1) is 11.3 Å². The van der Waals surface area contributed by atoms with Crippen molar-refractivity contribution in [3.05, 3.63) is 46.0 Å². The van der Waals surface area contributed by atoms with E-state index in [4.69, 9.17) is 0 Å². The number of nitrogens with one attached hydrogen (secondary N) is 2. The van der Waals surface area contributed by atoms with E-state index < -0.39 is 0 Å². The number of carbonyl (C=O) groups is 1. The van der Waals surface area contributed by atoms with Crippen LogP contribution in [0.4, 0.5) is 5.13 Å². The van der Waals surface area contributed by atoms with E-state index in [2.05, 4.69) is 33.8 Å². The molecule has 0 unspecified atom stereocenters. The molecule has 1 aliphatic heterocycles. The normalized spacial score (nSPS) is 15.6. The molecule has 0 bridgehead atoms. The molecule has 0 radical (unpaired) electrons. The Hall–Kier alpha value is -1.72. The lowest BCUT2D eigenvalue weighted by molar-refractivity contribution is -0.115. The van der Waals surface area contributed by atoms with E-state index >= 15 is 0 Å². The molecule has 0 spiro atoms. The smallest absolute Gasteiger partial charge is 0.230 e. The van der Waals surface area contributed by atoms with Crippen LogP contribution in [0.2, 0.25) is 0 Å². The van der Waals surface area contributed by atoms with E-state index in [1.807, 2.05) is 20.0 Å². The summed E-state index contributed by atoms with van der Waals surface area (Å²) >= 11 is 1.61. The number of anilines is 1. The average molecular weight is 329 g/mol. The van der Waals surface area contributed by atoms with Gasteiger partial charge < -0.3 is 10.6 Å². The molecular weight excluding hydrogens is 306 g/mol. The monoisotopic (exact) mass is 329 g/mol. The van der Waals surface area contributed by atoms with Crippen molar-refractivity contribution in [2.24, 2.45) is 0 Å². The van der Waals surface area contributed by atoms with Gasteiger partial charge in [-0.1, -0.05) is 23.8 Å². The van der Waals surface area contributed by atoms with Crippen LogP contribution in [-0.4, -0.2) is 24.0 Å². The van der Waals surface area contributed by atoms with Gasteiger partial charge in [0.1, 0.15) is 0 Å². The Labute approximate surface area is 141 Å². The van der Waals surface area contributed by atoms with Gasteiger partial charge in [-0.05, 0) is 56.8 Å². The van der Waals surface area contributed by atoms with Crippen molar-refractivity contribution in [1.29, 1.82) is 0 Å². The van der Waals surface area contributed by atoms with Crippen molar-refractivity contribution in [3.8, 4) is 0 Å². The Balaban J connectivity index is 1.61. The average Bonchev–Trinajstić information content (AvgIpc) is 3.00. The molecule has 23 heavy (non-hydrogen) atoms. The molecule has 2 N–H and O–H groups in total. The molecular formula is C18H23N3OS. The van der Waals surface area contributed by atoms with Gasteiger partial charge in [-0.3, -0.25) is 4.79 Å². The molecule has 1 fully saturated rings. The first-order chi connectivity index (χ1) is 11.1. The zero-order valence-electron chi connectivity index (χ0n) is 13.7. The predicted octanol–water partition coefficient (Wildman–Crippen LogP) is 3.41. The summed E-state index contributed by atoms with van der Waals surface area (Å²) in [6.45, 7) is 6.22. The number of nitrogens with zero attached hydrogens (tertiary/aromatic N) is 1. The second-order valence-electron chi connectivity index (χ2n) is 6.25. The highest BCUT2D eigenvalue weighted by Gasteiger charge is 2.18. The molecule has 1 saturated heterocycles. The van der Waals surface area contributed by atoms with Crippen LogP contribution < -0.4 is 10.6 Å². The number of hydrogen-bond acceptors (Lipinski definition) is 4. The SMILES string of the molecule is Cc1ccc(C)c(CC(=O)Nc2ncc(C3CCNCC3)s2)c1. The number of carbonyl (C=O) groups excluding carboxylic acids is 1. The first-order valence-corrected chi connectivity index (χ1v) is 8.96. The maximum atomic E-state index is 12.3. The van der Waals surface area contributed by atoms with Crippen LogP contribution in [0.3, 0.4) is 0 Å². The minimum atomic E-state index is 0.00455. The Morgan fingerprint density at radius 3 is 2.91 bits per heavy atom. The molecule has 0 aliphatic carbocycles. The van der Waals surface area contributed by atoms with Crippen molar-refractivity contribution in [2.75, 3.05) is 18.4 Å². The summed E-state index contributed by atoms with van der Waals surface area (Å²) < 4.78 is 0. The van der Waals surface area contributed by atoms with E-state index in [0.717, 1.165) is 37.1 Å². The molecule has 2 heterocycles. The summed E-state index contributed by atoms with van der Waals surface area (Å²) in [6, 6.07) is 6.22. The van der Waals surface area contributed by atoms with Gasteiger partial charge in [-0.25, -0.2) is 4.98 Å². The van der Waals surface area contributed by atoms with E-state index in [9.17, 15) is 4.79 Å². The number of aromatic nitrogens is 1. The summed E-state index contributed by atoms with van der Waals surface area (Å²) in [6.07, 6.45) is 4.63. The highest BCUT2D eigenvalue weighted by atomic mass is 32.1. The van der Waals surface area contributed by atoms with Crippen molar-refractivity contribution >= 4 is 22.4 Å². The fourth-order valence-corrected chi connectivity index (χ4v) is 3.97. The van der Waals surface area contributed by atoms with E-state index in [1.54, 1.807) is 11.3 Å². The van der Waals surface area contributed by atoms with Gasteiger partial charge in [0.05, 0.1) is 6.42 Å². The largest absolute Gasteiger partial charge is 0.317 e. The van der Waals surface area contributed by atoms with Gasteiger partial charge in [0.25, 0.3) is 0 Å². The summed E-state index contributed by atoms with van der Waals surface area (Å²) in [4.78, 5) is 17.9. The Bertz CT molecular complexity index is 689. The lowest BCUT2D eigenvalue weighted by Gasteiger charge is -2.20. The Kier molecular flexibility index (Phi) is 5.08. The third-order valence-electron chi connectivity index (χ3n) is 4.37. The minimum absolute atomic E-state index is 0.00455. The first kappa shape index (κ1) is 16.1. The van der Waals surface area contributed by atoms with Crippen LogP contribution in [0.15, 0.2) is 24.4 Å². The van der Waals surface area contributed by atoms with Gasteiger partial charge in [0.2, 0.25) is 5.91 Å². The fourth-order valence-electron chi connectivity index (χ4n) is 2.97. The predicted molar refractivity (Wildman–Crippen MR) is 95.2 cm³/mol. The molecule has 5 heteroatoms. The topological polar surface area (TPSA) is 54.0 Å². The molecule has 122 valence electrons. The summed E-state index contributed by atoms with van der Waals surface area (Å²) in [5, 5.41) is 7.04. The third kappa shape index (κ3) is 4.18. The van der Waals surface area contributed by atoms with Crippen LogP contribution >= 0.6 is 11.3 Å². The molecule has 1 amide bonds. The van der Waals surface area contributed by atoms with Gasteiger partial charge >= 0.3 is 0 Å². The molecule has 1 aliphatic rings. The molecule has 1 aromatic carbocycles. The molecule has 0 atom stereocenters. The van der Waals surface area contributed by atoms with Gasteiger partial charge in [0.15, 0.2) is 5.13 Å². The molecule has 4 nitrogen and oxygen atoms in total. The van der Waals surface area contributed by atoms with Crippen molar-refractivity contribution in [1.82, 2.24) is 10.3 Å². The van der Waals surface area contributed by atoms with Crippen LogP contribution in [0.1, 0.15) is 40.3 Å². The number of benzene rings is 1. The number of hydrogen-bond donors (Lipinski definition) is 2. The van der Waals surface area contributed by atoms with Gasteiger partial charge in [0, 0.05) is 11.1 Å². The van der Waals surface area contributed by atoms with Crippen LogP contribution in [0.5, 0.6) is 0 Å². The minimum Gasteiger partial charge on any atom is -0.317 e. The van der Waals surface area contributed by atoms with Crippen LogP contribution in [0, 0.1) is 13.8 Å². The number of rotatable bonds is 4. The molecule has 2 aromatic rings. The zero-order valence-corrected chi connectivity index (χ0v) is 14.5. The van der Waals surface area contributed by atoms with E-state index in [-0.39, 0.29) is 5.91 Å². The number of aryl methyl sites for hydroxylation is 2. The quantitative estimate of drug-likeness (QED) is 0.904. The van der Waals surface area contributed by atoms with Gasteiger partial charge in [-0.2, -0.15) is 0 Å². The number of amides is 1. The summed E-state index contributed by atoms with van der Waals surface area (Å²) in [5.74, 6) is 0.586. The lowest BCUT2D eigenvalue weighted by Crippen LogP contribution is -2.26. The van der Waals surface area contributed by atoms with Crippen LogP contribution in [0.25, 0.3) is 0 Å². The highest BCUT2D eigenvalue weighted by Crippen LogP contribution is 2.31. The third-order valence-corrected chi connectivity index (χ3v) is 5.44. The van der Waals surface area contributed by atoms with Crippen molar-refractivity contribution in [2.45, 2.75) is 39.0 Å². The van der Waals surface area contributed by atoms with E-state index in [1.165, 1.54) is 10.4 Å². The van der Waals surface area contributed by atoms with Crippen molar-refractivity contribution in [3.63, 3.8) is 0 Å². The number of thiazole rings is 1. The second kappa shape index (κ2) is 7.23. The second-order valence-corrected chi connectivity index (χ2v) is 7.31. The summed E-state index contributed by atoms with van der Waals surface area (Å²) in [7, 11) is 0. The molecule has 0 saturated carbocycles. The first-order valence-electron chi connectivity index (χ1n) is 8.14. The fraction of sp³-hybridized carbons (Fsp3) is 0.444. The number of piperidine rings is 1. The standard InChI is InChI=1S/C18H23N3OS/c1-12-3-4-13(2)15(9-12)10-17(22)21-18-20-11-16(23-18)14-5-7-19-8-6-14/h3-4,9,11,14,19H,5-8,10H2,1-2H3,(H,20,21,22). The highest BCUT2D eigenvalue weighted by molar-refractivity contribution is 7.15.